The lowest BCUT2D eigenvalue weighted by Gasteiger charge is -2.07. The highest BCUT2D eigenvalue weighted by molar-refractivity contribution is 7.09. The Kier molecular flexibility index (Phi) is 4.80. The Morgan fingerprint density at radius 2 is 2.21 bits per heavy atom. The molecule has 3 nitrogen and oxygen atoms in total. The summed E-state index contributed by atoms with van der Waals surface area (Å²) >= 11 is 13.4. The fourth-order valence-electron chi connectivity index (χ4n) is 1.57. The van der Waals surface area contributed by atoms with Gasteiger partial charge in [0.05, 0.1) is 21.4 Å². The second kappa shape index (κ2) is 6.37. The first-order valence-electron chi connectivity index (χ1n) is 5.70. The molecule has 0 radical (unpaired) electrons. The van der Waals surface area contributed by atoms with Crippen LogP contribution >= 0.6 is 34.5 Å². The summed E-state index contributed by atoms with van der Waals surface area (Å²) in [6.45, 7) is 1.94. The predicted octanol–water partition coefficient (Wildman–Crippen LogP) is 4.33. The smallest absolute Gasteiger partial charge is 0.224 e. The molecular formula is C13H12Cl2N2OS. The third-order valence-electron chi connectivity index (χ3n) is 2.48. The first-order valence-corrected chi connectivity index (χ1v) is 7.34. The minimum Gasteiger partial charge on any atom is -0.325 e. The van der Waals surface area contributed by atoms with Gasteiger partial charge in [-0.25, -0.2) is 4.98 Å². The van der Waals surface area contributed by atoms with E-state index in [-0.39, 0.29) is 5.91 Å². The summed E-state index contributed by atoms with van der Waals surface area (Å²) in [4.78, 5) is 16.1. The summed E-state index contributed by atoms with van der Waals surface area (Å²) in [7, 11) is 0. The van der Waals surface area contributed by atoms with Crippen molar-refractivity contribution in [3.8, 4) is 0 Å². The second-order valence-electron chi connectivity index (χ2n) is 4.03. The molecule has 0 aliphatic carbocycles. The van der Waals surface area contributed by atoms with Crippen LogP contribution in [0.1, 0.15) is 17.1 Å². The topological polar surface area (TPSA) is 42.0 Å². The zero-order valence-electron chi connectivity index (χ0n) is 10.2. The standard InChI is InChI=1S/C13H12Cl2N2OS/c1-8-16-10(7-19-8)3-5-13(18)17-12-6-9(14)2-4-11(12)15/h2,4,6-7H,3,5H2,1H3,(H,17,18). The highest BCUT2D eigenvalue weighted by Gasteiger charge is 2.08. The van der Waals surface area contributed by atoms with Crippen LogP contribution in [-0.2, 0) is 11.2 Å². The number of hydrogen-bond donors (Lipinski definition) is 1. The first-order chi connectivity index (χ1) is 9.04. The fraction of sp³-hybridized carbons (Fsp3) is 0.231. The number of benzene rings is 1. The highest BCUT2D eigenvalue weighted by Crippen LogP contribution is 2.25. The summed E-state index contributed by atoms with van der Waals surface area (Å²) < 4.78 is 0. The largest absolute Gasteiger partial charge is 0.325 e. The number of rotatable bonds is 4. The Bertz CT molecular complexity index is 598. The first kappa shape index (κ1) is 14.3. The molecule has 0 saturated carbocycles. The van der Waals surface area contributed by atoms with Crippen molar-refractivity contribution in [3.63, 3.8) is 0 Å². The lowest BCUT2D eigenvalue weighted by molar-refractivity contribution is -0.116. The number of nitrogens with zero attached hydrogens (tertiary/aromatic N) is 1. The number of hydrogen-bond acceptors (Lipinski definition) is 3. The van der Waals surface area contributed by atoms with E-state index in [1.165, 1.54) is 0 Å². The molecule has 1 aromatic carbocycles. The Morgan fingerprint density at radius 1 is 1.42 bits per heavy atom. The number of thiazole rings is 1. The maximum Gasteiger partial charge on any atom is 0.224 e. The van der Waals surface area contributed by atoms with Gasteiger partial charge in [0.1, 0.15) is 0 Å². The molecule has 0 aliphatic rings. The zero-order chi connectivity index (χ0) is 13.8. The van der Waals surface area contributed by atoms with Crippen LogP contribution < -0.4 is 5.32 Å². The maximum atomic E-state index is 11.8. The van der Waals surface area contributed by atoms with Crippen molar-refractivity contribution >= 4 is 46.1 Å². The minimum absolute atomic E-state index is 0.102. The van der Waals surface area contributed by atoms with Crippen molar-refractivity contribution in [3.05, 3.63) is 44.3 Å². The molecule has 0 unspecified atom stereocenters. The minimum atomic E-state index is -0.102. The quantitative estimate of drug-likeness (QED) is 0.912. The predicted molar refractivity (Wildman–Crippen MR) is 80.3 cm³/mol. The molecule has 2 rings (SSSR count). The van der Waals surface area contributed by atoms with Crippen molar-refractivity contribution in [1.29, 1.82) is 0 Å². The van der Waals surface area contributed by atoms with Gasteiger partial charge in [0.15, 0.2) is 0 Å². The third kappa shape index (κ3) is 4.20. The van der Waals surface area contributed by atoms with Crippen molar-refractivity contribution < 1.29 is 4.79 Å². The van der Waals surface area contributed by atoms with Gasteiger partial charge in [0.25, 0.3) is 0 Å². The summed E-state index contributed by atoms with van der Waals surface area (Å²) in [5, 5.41) is 6.73. The number of carbonyl (C=O) groups excluding carboxylic acids is 1. The molecule has 19 heavy (non-hydrogen) atoms. The third-order valence-corrected chi connectivity index (χ3v) is 3.86. The number of anilines is 1. The molecule has 6 heteroatoms. The average Bonchev–Trinajstić information content (AvgIpc) is 2.77. The van der Waals surface area contributed by atoms with E-state index in [0.717, 1.165) is 10.7 Å². The molecule has 100 valence electrons. The Labute approximate surface area is 125 Å². The van der Waals surface area contributed by atoms with Crippen LogP contribution in [0, 0.1) is 6.92 Å². The van der Waals surface area contributed by atoms with Gasteiger partial charge in [-0.15, -0.1) is 11.3 Å². The lowest BCUT2D eigenvalue weighted by atomic mass is 10.2. The highest BCUT2D eigenvalue weighted by atomic mass is 35.5. The number of aromatic nitrogens is 1. The summed E-state index contributed by atoms with van der Waals surface area (Å²) in [6, 6.07) is 4.97. The van der Waals surface area contributed by atoms with Crippen molar-refractivity contribution in [2.24, 2.45) is 0 Å². The molecule has 1 amide bonds. The number of aryl methyl sites for hydroxylation is 2. The van der Waals surface area contributed by atoms with E-state index < -0.39 is 0 Å². The maximum absolute atomic E-state index is 11.8. The molecule has 0 fully saturated rings. The van der Waals surface area contributed by atoms with Crippen LogP contribution in [0.2, 0.25) is 10.0 Å². The Hall–Kier alpha value is -1.10. The van der Waals surface area contributed by atoms with Crippen LogP contribution in [-0.4, -0.2) is 10.9 Å². The van der Waals surface area contributed by atoms with Gasteiger partial charge in [-0.2, -0.15) is 0 Å². The van der Waals surface area contributed by atoms with Crippen molar-refractivity contribution in [2.45, 2.75) is 19.8 Å². The van der Waals surface area contributed by atoms with Gasteiger partial charge < -0.3 is 5.32 Å². The van der Waals surface area contributed by atoms with Crippen LogP contribution in [0.15, 0.2) is 23.6 Å². The van der Waals surface area contributed by atoms with E-state index in [4.69, 9.17) is 23.2 Å². The number of nitrogens with one attached hydrogen (secondary N) is 1. The average molecular weight is 315 g/mol. The number of amides is 1. The van der Waals surface area contributed by atoms with E-state index in [1.807, 2.05) is 12.3 Å². The monoisotopic (exact) mass is 314 g/mol. The molecular weight excluding hydrogens is 303 g/mol. The van der Waals surface area contributed by atoms with E-state index in [9.17, 15) is 4.79 Å². The molecule has 1 heterocycles. The second-order valence-corrected chi connectivity index (χ2v) is 5.94. The van der Waals surface area contributed by atoms with Gasteiger partial charge in [0.2, 0.25) is 5.91 Å². The van der Waals surface area contributed by atoms with Gasteiger partial charge in [-0.1, -0.05) is 23.2 Å². The molecule has 1 N–H and O–H groups in total. The van der Waals surface area contributed by atoms with E-state index in [0.29, 0.717) is 28.6 Å². The molecule has 0 spiro atoms. The van der Waals surface area contributed by atoms with Crippen LogP contribution in [0.4, 0.5) is 5.69 Å². The van der Waals surface area contributed by atoms with Crippen molar-refractivity contribution in [2.75, 3.05) is 5.32 Å². The summed E-state index contributed by atoms with van der Waals surface area (Å²) in [5.41, 5.74) is 1.48. The molecule has 0 atom stereocenters. The summed E-state index contributed by atoms with van der Waals surface area (Å²) in [6.07, 6.45) is 0.986. The number of halogens is 2. The Morgan fingerprint density at radius 3 is 2.89 bits per heavy atom. The van der Waals surface area contributed by atoms with E-state index in [2.05, 4.69) is 10.3 Å². The summed E-state index contributed by atoms with van der Waals surface area (Å²) in [5.74, 6) is -0.102. The van der Waals surface area contributed by atoms with E-state index >= 15 is 0 Å². The van der Waals surface area contributed by atoms with Crippen LogP contribution in [0.25, 0.3) is 0 Å². The SMILES string of the molecule is Cc1nc(CCC(=O)Nc2cc(Cl)ccc2Cl)cs1. The normalized spacial score (nSPS) is 10.5. The van der Waals surface area contributed by atoms with Crippen LogP contribution in [0.3, 0.4) is 0 Å². The van der Waals surface area contributed by atoms with Crippen LogP contribution in [0.5, 0.6) is 0 Å². The van der Waals surface area contributed by atoms with Gasteiger partial charge in [0, 0.05) is 16.8 Å². The number of carbonyl (C=O) groups is 1. The molecule has 0 aliphatic heterocycles. The Balaban J connectivity index is 1.92. The van der Waals surface area contributed by atoms with Gasteiger partial charge in [-0.05, 0) is 31.5 Å². The molecule has 1 aromatic heterocycles. The van der Waals surface area contributed by atoms with Gasteiger partial charge >= 0.3 is 0 Å². The molecule has 0 bridgehead atoms. The lowest BCUT2D eigenvalue weighted by Crippen LogP contribution is -2.12. The molecule has 2 aromatic rings. The van der Waals surface area contributed by atoms with Crippen molar-refractivity contribution in [1.82, 2.24) is 4.98 Å². The van der Waals surface area contributed by atoms with E-state index in [1.54, 1.807) is 29.5 Å². The molecule has 0 saturated heterocycles. The van der Waals surface area contributed by atoms with Gasteiger partial charge in [-0.3, -0.25) is 4.79 Å². The zero-order valence-corrected chi connectivity index (χ0v) is 12.6. The fourth-order valence-corrected chi connectivity index (χ4v) is 2.55.